The molecule has 0 saturated carbocycles. The number of hydrogen-bond donors (Lipinski definition) is 21. The molecular weight excluding hydrogens is 1330 g/mol. The van der Waals surface area contributed by atoms with Crippen LogP contribution < -0.4 is 99.0 Å². The highest BCUT2D eigenvalue weighted by Gasteiger charge is 2.42. The van der Waals surface area contributed by atoms with Gasteiger partial charge in [-0.25, -0.2) is 0 Å². The van der Waals surface area contributed by atoms with E-state index >= 15 is 4.79 Å². The van der Waals surface area contributed by atoms with Crippen molar-refractivity contribution in [3.05, 3.63) is 29.8 Å². The van der Waals surface area contributed by atoms with E-state index in [0.717, 1.165) is 48.1 Å². The number of aliphatic hydroxyl groups is 1. The van der Waals surface area contributed by atoms with Gasteiger partial charge in [0.25, 0.3) is 0 Å². The van der Waals surface area contributed by atoms with E-state index in [9.17, 15) is 72.9 Å². The first-order valence-electron chi connectivity index (χ1n) is 29.7. The lowest BCUT2D eigenvalue weighted by Gasteiger charge is -2.30. The molecule has 3 fully saturated rings. The molecule has 0 spiro atoms. The van der Waals surface area contributed by atoms with E-state index < -0.39 is 174 Å². The topological polar surface area (TPSA) is 651 Å². The maximum Gasteiger partial charge on any atom is 0.305 e. The number of nitrogens with two attached hydrogens (primary N) is 8. The second-order valence-corrected chi connectivity index (χ2v) is 26.7. The Hall–Kier alpha value is -8.74. The molecule has 3 saturated heterocycles. The van der Waals surface area contributed by atoms with Crippen molar-refractivity contribution in [3.63, 3.8) is 0 Å². The van der Waals surface area contributed by atoms with Crippen molar-refractivity contribution in [2.45, 2.75) is 131 Å². The number of hydrogen-bond acceptors (Lipinski definition) is 23. The number of aliphatic carboxylic acids is 1. The highest BCUT2D eigenvalue weighted by molar-refractivity contribution is 8.77. The smallest absolute Gasteiger partial charge is 0.305 e. The van der Waals surface area contributed by atoms with Gasteiger partial charge in [0, 0.05) is 55.6 Å². The van der Waals surface area contributed by atoms with E-state index in [-0.39, 0.29) is 119 Å². The first-order valence-corrected chi connectivity index (χ1v) is 34.7. The SMILES string of the molecule is NCC(=O)N[C@H]1CSSC[C@@H]2NC(=O)[C@H](CCCN=C(N)N)NC(=O)[C@@H]3CCCN3C(=O)[C@H](CC(=O)O)NC(=O)[C@H](CO)NC(=O)[C@H](CSSC[C@@H](C(N)=O)NC(=O)[C@H](CCCN=C(N)N)NC(=O)[C@H](Cc3ccc(O)cc3)NC(=O)[C@H](CCCN=C(N)N)NC2=O)NC1=O. The maximum atomic E-state index is 15.0. The van der Waals surface area contributed by atoms with E-state index in [1.54, 1.807) is 0 Å². The summed E-state index contributed by atoms with van der Waals surface area (Å²) in [5.74, 6) is -16.9. The standard InChI is InChI=1S/C53H84N22O16S4/c54-19-38(78)65-34-22-93-95-23-35-47(88)67-27(5-1-13-62-51(56)57)41(82)69-30(17-25-9-11-26(77)12-10-25)44(85)66-28(6-2-14-63-52(58)59)42(83)72-33(40(55)81)21-92-94-24-36(74-46(34)87)48(89)71-32(20-76)45(86)70-31(18-39(79)80)50(91)75-16-4-8-37(75)49(90)68-29(43(84)73-35)7-3-15-64-53(60)61/h9-12,27-37,76-77H,1-8,13-24,54H2,(H2,55,81)(H,65,78)(H,66,85)(H,67,88)(H,68,90)(H,69,82)(H,70,86)(H,71,89)(H,72,83)(H,73,84)(H,74,87)(H,79,80)(H4,56,57,62)(H4,58,59,63)(H4,60,61,64)/t27-,28-,29-,30-,31-,32-,33-,34-,35-,36-,37-/m0/s1. The number of nitrogens with zero attached hydrogens (tertiary/aromatic N) is 4. The molecule has 0 aliphatic carbocycles. The van der Waals surface area contributed by atoms with Crippen molar-refractivity contribution in [1.82, 2.24) is 58.1 Å². The minimum Gasteiger partial charge on any atom is -0.508 e. The molecule has 0 aromatic heterocycles. The molecule has 38 nitrogen and oxygen atoms in total. The van der Waals surface area contributed by atoms with E-state index in [1.807, 2.05) is 0 Å². The molecule has 12 amide bonds. The Balaban J connectivity index is 2.00. The van der Waals surface area contributed by atoms with Crippen molar-refractivity contribution in [2.75, 3.05) is 62.3 Å². The molecule has 2 bridgehead atoms. The molecule has 4 rings (SSSR count). The number of rotatable bonds is 20. The van der Waals surface area contributed by atoms with Crippen LogP contribution >= 0.6 is 43.2 Å². The molecule has 95 heavy (non-hydrogen) atoms. The number of nitrogens with one attached hydrogen (secondary N) is 10. The first-order chi connectivity index (χ1) is 45.1. The minimum atomic E-state index is -1.96. The predicted octanol–water partition coefficient (Wildman–Crippen LogP) is -9.36. The Kier molecular flexibility index (Phi) is 33.5. The molecule has 526 valence electrons. The van der Waals surface area contributed by atoms with Gasteiger partial charge in [-0.1, -0.05) is 55.3 Å². The summed E-state index contributed by atoms with van der Waals surface area (Å²) < 4.78 is 0. The number of carbonyl (C=O) groups is 13. The summed E-state index contributed by atoms with van der Waals surface area (Å²) >= 11 is 0. The van der Waals surface area contributed by atoms with Gasteiger partial charge in [0.05, 0.1) is 19.6 Å². The van der Waals surface area contributed by atoms with Crippen molar-refractivity contribution < 1.29 is 77.6 Å². The van der Waals surface area contributed by atoms with Crippen LogP contribution in [0.4, 0.5) is 0 Å². The van der Waals surface area contributed by atoms with Crippen molar-refractivity contribution in [3.8, 4) is 5.75 Å². The van der Waals surface area contributed by atoms with Crippen LogP contribution in [0.2, 0.25) is 0 Å². The number of carbonyl (C=O) groups excluding carboxylic acids is 12. The molecule has 0 radical (unpaired) electrons. The molecule has 1 aromatic rings. The number of carboxylic acid groups (broad SMARTS) is 1. The van der Waals surface area contributed by atoms with Crippen LogP contribution in [0.15, 0.2) is 39.2 Å². The van der Waals surface area contributed by atoms with Crippen molar-refractivity contribution >= 4 is 138 Å². The second-order valence-electron chi connectivity index (χ2n) is 21.6. The summed E-state index contributed by atoms with van der Waals surface area (Å²) in [5.41, 5.74) is 45.2. The van der Waals surface area contributed by atoms with E-state index in [2.05, 4.69) is 68.1 Å². The second kappa shape index (κ2) is 40.5. The van der Waals surface area contributed by atoms with Gasteiger partial charge < -0.3 is 119 Å². The van der Waals surface area contributed by atoms with Crippen LogP contribution in [0.25, 0.3) is 0 Å². The molecule has 11 atom stereocenters. The number of fused-ring (bicyclic) bond motifs is 9. The lowest BCUT2D eigenvalue weighted by atomic mass is 10.0. The monoisotopic (exact) mass is 1410 g/mol. The minimum absolute atomic E-state index is 0.00484. The molecule has 0 unspecified atom stereocenters. The fourth-order valence-corrected chi connectivity index (χ4v) is 14.0. The van der Waals surface area contributed by atoms with Gasteiger partial charge >= 0.3 is 5.97 Å². The molecule has 1 aromatic carbocycles. The number of amides is 12. The van der Waals surface area contributed by atoms with E-state index in [0.29, 0.717) is 5.56 Å². The van der Waals surface area contributed by atoms with Gasteiger partial charge in [0.1, 0.15) is 72.2 Å². The Bertz CT molecular complexity index is 2980. The maximum absolute atomic E-state index is 15.0. The van der Waals surface area contributed by atoms with E-state index in [1.165, 1.54) is 24.3 Å². The fraction of sp³-hybridized carbons (Fsp3) is 0.585. The van der Waals surface area contributed by atoms with Crippen LogP contribution in [-0.2, 0) is 68.7 Å². The number of phenolic OH excluding ortho intramolecular Hbond substituents is 1. The number of benzene rings is 1. The third-order valence-corrected chi connectivity index (χ3v) is 19.1. The molecule has 29 N–H and O–H groups in total. The van der Waals surface area contributed by atoms with Crippen LogP contribution in [0.5, 0.6) is 5.75 Å². The number of aliphatic imine (C=N–C) groups is 3. The highest BCUT2D eigenvalue weighted by atomic mass is 33.1. The number of carboxylic acids is 1. The lowest BCUT2D eigenvalue weighted by Crippen LogP contribution is -2.61. The van der Waals surface area contributed by atoms with Crippen LogP contribution in [0, 0.1) is 0 Å². The average Bonchev–Trinajstić information content (AvgIpc) is 1.77. The Morgan fingerprint density at radius 1 is 0.537 bits per heavy atom. The summed E-state index contributed by atoms with van der Waals surface area (Å²) in [6.45, 7) is -2.24. The number of guanidine groups is 3. The average molecular weight is 1410 g/mol. The zero-order valence-corrected chi connectivity index (χ0v) is 54.8. The van der Waals surface area contributed by atoms with Crippen LogP contribution in [0.3, 0.4) is 0 Å². The van der Waals surface area contributed by atoms with Crippen molar-refractivity contribution in [2.24, 2.45) is 60.8 Å². The summed E-state index contributed by atoms with van der Waals surface area (Å²) in [6, 6.07) is -12.7. The Morgan fingerprint density at radius 2 is 0.968 bits per heavy atom. The molecular formula is C53H84N22O16S4. The Morgan fingerprint density at radius 3 is 1.47 bits per heavy atom. The third-order valence-electron chi connectivity index (χ3n) is 14.3. The van der Waals surface area contributed by atoms with Gasteiger partial charge in [-0.3, -0.25) is 77.3 Å². The van der Waals surface area contributed by atoms with Gasteiger partial charge in [-0.2, -0.15) is 0 Å². The van der Waals surface area contributed by atoms with Crippen molar-refractivity contribution in [1.29, 1.82) is 0 Å². The summed E-state index contributed by atoms with van der Waals surface area (Å²) in [5, 5.41) is 55.7. The largest absolute Gasteiger partial charge is 0.508 e. The van der Waals surface area contributed by atoms with Gasteiger partial charge in [0.2, 0.25) is 70.9 Å². The number of primary amides is 1. The first kappa shape index (κ1) is 78.7. The highest BCUT2D eigenvalue weighted by Crippen LogP contribution is 2.26. The van der Waals surface area contributed by atoms with Gasteiger partial charge in [-0.15, -0.1) is 0 Å². The summed E-state index contributed by atoms with van der Waals surface area (Å²) in [4.78, 5) is 197. The molecule has 3 aliphatic rings. The summed E-state index contributed by atoms with van der Waals surface area (Å²) in [7, 11) is 3.34. The van der Waals surface area contributed by atoms with Gasteiger partial charge in [0.15, 0.2) is 17.9 Å². The van der Waals surface area contributed by atoms with Gasteiger partial charge in [-0.05, 0) is 69.1 Å². The van der Waals surface area contributed by atoms with E-state index in [4.69, 9.17) is 45.9 Å². The number of phenols is 1. The molecule has 42 heteroatoms. The molecule has 3 heterocycles. The molecule has 3 aliphatic heterocycles. The third kappa shape index (κ3) is 27.6. The number of aliphatic hydroxyl groups excluding tert-OH is 1. The van der Waals surface area contributed by atoms with Crippen LogP contribution in [0.1, 0.15) is 63.4 Å². The zero-order chi connectivity index (χ0) is 70.3. The quantitative estimate of drug-likeness (QED) is 0.0249. The van der Waals surface area contributed by atoms with Crippen LogP contribution in [-0.4, -0.2) is 244 Å². The predicted molar refractivity (Wildman–Crippen MR) is 353 cm³/mol. The summed E-state index contributed by atoms with van der Waals surface area (Å²) in [6.07, 6.45) is -1.97. The lowest BCUT2D eigenvalue weighted by molar-refractivity contribution is -0.146. The normalized spacial score (nSPS) is 25.3. The number of aromatic hydroxyl groups is 1. The Labute approximate surface area is 560 Å². The zero-order valence-electron chi connectivity index (χ0n) is 51.5. The fourth-order valence-electron chi connectivity index (χ4n) is 9.37.